The SMILES string of the molecule is [2H]N([2H])N([2H])c1ccc([N+](=O)[O-])cc1[N+](=O)[O-]. The van der Waals surface area contributed by atoms with Crippen LogP contribution in [0.3, 0.4) is 0 Å². The highest BCUT2D eigenvalue weighted by Crippen LogP contribution is 2.27. The molecule has 14 heavy (non-hydrogen) atoms. The van der Waals surface area contributed by atoms with Gasteiger partial charge in [0, 0.05) is 6.07 Å². The maximum absolute atomic E-state index is 10.7. The molecular formula is C6H6N4O4. The maximum atomic E-state index is 10.7. The first kappa shape index (κ1) is 6.27. The van der Waals surface area contributed by atoms with Crippen LogP contribution in [-0.2, 0) is 0 Å². The minimum Gasteiger partial charge on any atom is -0.318 e. The number of nitrogens with two attached hydrogens (primary N) is 1. The zero-order valence-electron chi connectivity index (χ0n) is 9.65. The Labute approximate surface area is 82.0 Å². The van der Waals surface area contributed by atoms with Gasteiger partial charge in [0.25, 0.3) is 5.69 Å². The monoisotopic (exact) mass is 201 g/mol. The van der Waals surface area contributed by atoms with E-state index in [9.17, 15) is 20.2 Å². The second-order valence-corrected chi connectivity index (χ2v) is 2.29. The molecule has 8 nitrogen and oxygen atoms in total. The predicted molar refractivity (Wildman–Crippen MR) is 47.6 cm³/mol. The van der Waals surface area contributed by atoms with Crippen molar-refractivity contribution in [3.8, 4) is 0 Å². The lowest BCUT2D eigenvalue weighted by atomic mass is 10.2. The zero-order chi connectivity index (χ0) is 13.2. The summed E-state index contributed by atoms with van der Waals surface area (Å²) in [7, 11) is 0. The van der Waals surface area contributed by atoms with Crippen LogP contribution in [0.15, 0.2) is 18.2 Å². The Hall–Kier alpha value is -2.22. The summed E-state index contributed by atoms with van der Waals surface area (Å²) in [5, 5.41) is 21.1. The van der Waals surface area contributed by atoms with Gasteiger partial charge < -0.3 is 5.42 Å². The van der Waals surface area contributed by atoms with Crippen molar-refractivity contribution in [2.75, 3.05) is 5.42 Å². The van der Waals surface area contributed by atoms with Crippen LogP contribution in [-0.4, -0.2) is 9.85 Å². The summed E-state index contributed by atoms with van der Waals surface area (Å²) in [5.41, 5.74) is -1.53. The molecule has 3 N–H and O–H groups in total. The number of hydrazine groups is 1. The van der Waals surface area contributed by atoms with Gasteiger partial charge in [0.2, 0.25) is 0 Å². The van der Waals surface area contributed by atoms with Crippen molar-refractivity contribution >= 4 is 17.1 Å². The molecule has 0 heterocycles. The van der Waals surface area contributed by atoms with Crippen LogP contribution in [0.4, 0.5) is 17.1 Å². The number of benzene rings is 1. The predicted octanol–water partition coefficient (Wildman–Crippen LogP) is 0.789. The lowest BCUT2D eigenvalue weighted by Crippen LogP contribution is -2.09. The van der Waals surface area contributed by atoms with E-state index in [-0.39, 0.29) is 11.2 Å². The van der Waals surface area contributed by atoms with Crippen LogP contribution in [0.2, 0.25) is 4.24 Å². The fraction of sp³-hybridized carbons (Fsp3) is 0. The molecule has 0 aliphatic carbocycles. The van der Waals surface area contributed by atoms with Crippen LogP contribution in [0.5, 0.6) is 0 Å². The normalized spacial score (nSPS) is 12.8. The fourth-order valence-electron chi connectivity index (χ4n) is 0.856. The third kappa shape index (κ3) is 1.75. The van der Waals surface area contributed by atoms with Gasteiger partial charge >= 0.3 is 5.69 Å². The van der Waals surface area contributed by atoms with E-state index in [1.165, 1.54) is 0 Å². The number of nitro benzene ring substituents is 2. The lowest BCUT2D eigenvalue weighted by Gasteiger charge is -2.00. The standard InChI is InChI=1S/C6H6N4O4/c7-8-5-2-1-4(9(11)12)3-6(5)10(13)14/h1-3,8H,7H2/i/hD3. The third-order valence-corrected chi connectivity index (χ3v) is 1.47. The Balaban J connectivity index is 3.32. The topological polar surface area (TPSA) is 124 Å². The van der Waals surface area contributed by atoms with E-state index in [2.05, 4.69) is 0 Å². The Kier molecular flexibility index (Phi) is 1.64. The first-order valence-corrected chi connectivity index (χ1v) is 3.34. The number of hydrogen-bond donors (Lipinski definition) is 2. The van der Waals surface area contributed by atoms with E-state index in [0.29, 0.717) is 6.07 Å². The summed E-state index contributed by atoms with van der Waals surface area (Å²) < 4.78 is 20.7. The molecular weight excluding hydrogens is 192 g/mol. The maximum Gasteiger partial charge on any atom is 0.300 e. The Morgan fingerprint density at radius 2 is 2.14 bits per heavy atom. The smallest absolute Gasteiger partial charge is 0.300 e. The molecule has 8 heteroatoms. The number of nitro groups is 2. The minimum absolute atomic E-state index is 0.113. The number of nitrogens with zero attached hydrogens (tertiary/aromatic N) is 2. The van der Waals surface area contributed by atoms with Crippen molar-refractivity contribution in [3.05, 3.63) is 38.4 Å². The number of non-ortho nitro benzene ring substituents is 1. The van der Waals surface area contributed by atoms with E-state index in [1.807, 2.05) is 0 Å². The quantitative estimate of drug-likeness (QED) is 0.421. The average molecular weight is 201 g/mol. The molecule has 0 aliphatic rings. The zero-order valence-corrected chi connectivity index (χ0v) is 6.65. The second kappa shape index (κ2) is 3.66. The summed E-state index contributed by atoms with van der Waals surface area (Å²) in [5.74, 6) is -0.200. The lowest BCUT2D eigenvalue weighted by molar-refractivity contribution is -0.393. The molecule has 0 radical (unpaired) electrons. The number of hydrogen-bond acceptors (Lipinski definition) is 6. The summed E-state index contributed by atoms with van der Waals surface area (Å²) >= 11 is 0. The molecule has 0 fully saturated rings. The van der Waals surface area contributed by atoms with Crippen molar-refractivity contribution in [2.24, 2.45) is 5.83 Å². The highest BCUT2D eigenvalue weighted by molar-refractivity contribution is 5.64. The molecule has 0 unspecified atom stereocenters. The molecule has 0 spiro atoms. The number of anilines is 1. The van der Waals surface area contributed by atoms with Gasteiger partial charge in [-0.3, -0.25) is 26.1 Å². The van der Waals surface area contributed by atoms with Gasteiger partial charge in [0.05, 0.1) is 15.9 Å². The van der Waals surface area contributed by atoms with Gasteiger partial charge in [-0.05, 0) is 6.07 Å². The number of nitrogen functional groups attached to an aromatic ring is 1. The Morgan fingerprint density at radius 1 is 1.43 bits per heavy atom. The molecule has 74 valence electrons. The molecule has 1 aromatic carbocycles. The fourth-order valence-corrected chi connectivity index (χ4v) is 0.856. The van der Waals surface area contributed by atoms with Crippen molar-refractivity contribution in [1.29, 1.82) is 0 Å². The average Bonchev–Trinajstić information content (AvgIpc) is 2.26. The van der Waals surface area contributed by atoms with Crippen LogP contribution in [0.1, 0.15) is 0 Å². The molecule has 0 bridgehead atoms. The summed E-state index contributed by atoms with van der Waals surface area (Å²) in [4.78, 5) is 19.3. The van der Waals surface area contributed by atoms with E-state index in [1.54, 1.807) is 0 Å². The molecule has 0 aromatic heterocycles. The van der Waals surface area contributed by atoms with Crippen LogP contribution in [0, 0.1) is 20.2 Å². The van der Waals surface area contributed by atoms with Crippen molar-refractivity contribution in [3.63, 3.8) is 0 Å². The van der Waals surface area contributed by atoms with Crippen LogP contribution in [0.25, 0.3) is 0 Å². The van der Waals surface area contributed by atoms with Crippen LogP contribution < -0.4 is 11.2 Å². The van der Waals surface area contributed by atoms with Gasteiger partial charge in [0.15, 0.2) is 1.41 Å². The Morgan fingerprint density at radius 3 is 2.64 bits per heavy atom. The molecule has 1 aromatic rings. The van der Waals surface area contributed by atoms with E-state index < -0.39 is 26.9 Å². The molecule has 0 saturated carbocycles. The largest absolute Gasteiger partial charge is 0.318 e. The molecule has 1 rings (SSSR count). The van der Waals surface area contributed by atoms with Crippen molar-refractivity contribution in [2.45, 2.75) is 0 Å². The Bertz CT molecular complexity index is 469. The summed E-state index contributed by atoms with van der Waals surface area (Å²) in [6, 6.07) is 2.55. The van der Waals surface area contributed by atoms with Gasteiger partial charge in [-0.2, -0.15) is 0 Å². The molecule has 0 aliphatic heterocycles. The van der Waals surface area contributed by atoms with Crippen molar-refractivity contribution in [1.82, 2.24) is 0 Å². The van der Waals surface area contributed by atoms with E-state index in [4.69, 9.17) is 4.24 Å². The van der Waals surface area contributed by atoms with Gasteiger partial charge in [-0.1, -0.05) is 0 Å². The van der Waals surface area contributed by atoms with Crippen molar-refractivity contribution < 1.29 is 14.1 Å². The highest BCUT2D eigenvalue weighted by Gasteiger charge is 2.18. The second-order valence-electron chi connectivity index (χ2n) is 2.29. The highest BCUT2D eigenvalue weighted by atomic mass is 16.6. The molecule has 0 atom stereocenters. The van der Waals surface area contributed by atoms with E-state index in [0.717, 1.165) is 12.1 Å². The number of nitrogens with one attached hydrogen (secondary N) is 1. The molecule has 0 saturated heterocycles. The summed E-state index contributed by atoms with van der Waals surface area (Å²) in [6.07, 6.45) is 0. The van der Waals surface area contributed by atoms with Gasteiger partial charge in [-0.15, -0.1) is 0 Å². The summed E-state index contributed by atoms with van der Waals surface area (Å²) in [6.45, 7) is 0. The third-order valence-electron chi connectivity index (χ3n) is 1.47. The first-order valence-electron chi connectivity index (χ1n) is 4.68. The van der Waals surface area contributed by atoms with Gasteiger partial charge in [-0.25, -0.2) is 0 Å². The first-order chi connectivity index (χ1) is 7.84. The van der Waals surface area contributed by atoms with E-state index >= 15 is 0 Å². The number of rotatable bonds is 4. The van der Waals surface area contributed by atoms with Crippen LogP contribution >= 0.6 is 0 Å². The molecule has 0 amide bonds. The van der Waals surface area contributed by atoms with Gasteiger partial charge in [0.1, 0.15) is 8.51 Å². The minimum atomic E-state index is -0.923.